The monoisotopic (exact) mass is 232 g/mol. The Kier molecular flexibility index (Phi) is 2.91. The number of carbonyl (C=O) groups excluding carboxylic acids is 3. The molecule has 1 saturated heterocycles. The molecule has 0 radical (unpaired) electrons. The molecule has 88 valence electrons. The molecule has 2 amide bonds. The number of hydrogen-bond donors (Lipinski definition) is 2. The smallest absolute Gasteiger partial charge is 0.249 e. The van der Waals surface area contributed by atoms with Crippen molar-refractivity contribution in [1.29, 1.82) is 0 Å². The highest BCUT2D eigenvalue weighted by Crippen LogP contribution is 2.14. The van der Waals surface area contributed by atoms with Crippen molar-refractivity contribution in [3.63, 3.8) is 0 Å². The van der Waals surface area contributed by atoms with Crippen molar-refractivity contribution in [3.05, 3.63) is 29.8 Å². The molecule has 5 nitrogen and oxygen atoms in total. The van der Waals surface area contributed by atoms with Gasteiger partial charge in [0.25, 0.3) is 0 Å². The summed E-state index contributed by atoms with van der Waals surface area (Å²) >= 11 is 0. The first-order valence-electron chi connectivity index (χ1n) is 5.27. The van der Waals surface area contributed by atoms with Gasteiger partial charge in [0.15, 0.2) is 5.78 Å². The summed E-state index contributed by atoms with van der Waals surface area (Å²) in [5, 5.41) is 5.17. The van der Waals surface area contributed by atoms with Crippen molar-refractivity contribution in [2.75, 3.05) is 5.32 Å². The van der Waals surface area contributed by atoms with Crippen LogP contribution in [0.4, 0.5) is 5.69 Å². The second-order valence-corrected chi connectivity index (χ2v) is 3.95. The normalized spacial score (nSPS) is 19.0. The predicted octanol–water partition coefficient (Wildman–Crippen LogP) is 0.716. The quantitative estimate of drug-likeness (QED) is 0.594. The van der Waals surface area contributed by atoms with Crippen LogP contribution in [0.15, 0.2) is 24.3 Å². The van der Waals surface area contributed by atoms with Crippen LogP contribution in [-0.4, -0.2) is 23.6 Å². The van der Waals surface area contributed by atoms with Gasteiger partial charge in [0, 0.05) is 11.3 Å². The van der Waals surface area contributed by atoms with E-state index in [0.29, 0.717) is 11.3 Å². The van der Waals surface area contributed by atoms with Gasteiger partial charge in [0.05, 0.1) is 6.42 Å². The summed E-state index contributed by atoms with van der Waals surface area (Å²) < 4.78 is 0. The summed E-state index contributed by atoms with van der Waals surface area (Å²) in [6, 6.07) is 6.27. The van der Waals surface area contributed by atoms with Gasteiger partial charge in [-0.05, 0) is 31.2 Å². The lowest BCUT2D eigenvalue weighted by Gasteiger charge is -2.10. The van der Waals surface area contributed by atoms with Crippen molar-refractivity contribution in [2.24, 2.45) is 0 Å². The number of anilines is 1. The Labute approximate surface area is 98.2 Å². The number of carbonyl (C=O) groups is 3. The highest BCUT2D eigenvalue weighted by Gasteiger charge is 2.30. The Morgan fingerprint density at radius 1 is 1.29 bits per heavy atom. The first kappa shape index (κ1) is 11.3. The van der Waals surface area contributed by atoms with Crippen molar-refractivity contribution >= 4 is 23.3 Å². The van der Waals surface area contributed by atoms with Gasteiger partial charge in [-0.2, -0.15) is 0 Å². The third kappa shape index (κ3) is 2.50. The number of nitrogens with one attached hydrogen (secondary N) is 2. The Morgan fingerprint density at radius 2 is 1.94 bits per heavy atom. The van der Waals surface area contributed by atoms with E-state index in [0.717, 1.165) is 0 Å². The van der Waals surface area contributed by atoms with Crippen LogP contribution >= 0.6 is 0 Å². The molecule has 1 heterocycles. The van der Waals surface area contributed by atoms with Crippen LogP contribution in [-0.2, 0) is 9.59 Å². The topological polar surface area (TPSA) is 75.3 Å². The standard InChI is InChI=1S/C12H12N2O3/c1-7(15)8-2-4-9(5-3-8)13-10-6-11(16)14-12(10)17/h2-5,10,13H,6H2,1H3,(H,14,16,17). The van der Waals surface area contributed by atoms with E-state index in [1.54, 1.807) is 24.3 Å². The molecule has 1 unspecified atom stereocenters. The Bertz CT molecular complexity index is 479. The van der Waals surface area contributed by atoms with Crippen molar-refractivity contribution < 1.29 is 14.4 Å². The maximum atomic E-state index is 11.3. The van der Waals surface area contributed by atoms with E-state index in [4.69, 9.17) is 0 Å². The summed E-state index contributed by atoms with van der Waals surface area (Å²) in [4.78, 5) is 33.4. The third-order valence-corrected chi connectivity index (χ3v) is 2.60. The lowest BCUT2D eigenvalue weighted by molar-refractivity contribution is -0.124. The molecule has 1 aromatic rings. The third-order valence-electron chi connectivity index (χ3n) is 2.60. The summed E-state index contributed by atoms with van der Waals surface area (Å²) in [6.45, 7) is 1.49. The first-order valence-corrected chi connectivity index (χ1v) is 5.27. The van der Waals surface area contributed by atoms with Gasteiger partial charge in [-0.25, -0.2) is 0 Å². The van der Waals surface area contributed by atoms with Crippen LogP contribution in [0, 0.1) is 0 Å². The molecule has 0 bridgehead atoms. The second-order valence-electron chi connectivity index (χ2n) is 3.95. The van der Waals surface area contributed by atoms with E-state index in [1.807, 2.05) is 0 Å². The number of rotatable bonds is 3. The number of benzene rings is 1. The average Bonchev–Trinajstić information content (AvgIpc) is 2.58. The molecular weight excluding hydrogens is 220 g/mol. The molecule has 1 aliphatic rings. The molecule has 0 aromatic heterocycles. The van der Waals surface area contributed by atoms with Gasteiger partial charge in [-0.15, -0.1) is 0 Å². The van der Waals surface area contributed by atoms with Gasteiger partial charge < -0.3 is 5.32 Å². The van der Waals surface area contributed by atoms with Crippen LogP contribution in [0.25, 0.3) is 0 Å². The van der Waals surface area contributed by atoms with Gasteiger partial charge in [-0.3, -0.25) is 19.7 Å². The fraction of sp³-hybridized carbons (Fsp3) is 0.250. The molecular formula is C12H12N2O3. The zero-order valence-corrected chi connectivity index (χ0v) is 9.32. The SMILES string of the molecule is CC(=O)c1ccc(NC2CC(=O)NC2=O)cc1. The average molecular weight is 232 g/mol. The van der Waals surface area contributed by atoms with E-state index >= 15 is 0 Å². The second kappa shape index (κ2) is 4.37. The molecule has 5 heteroatoms. The fourth-order valence-electron chi connectivity index (χ4n) is 1.67. The fourth-order valence-corrected chi connectivity index (χ4v) is 1.67. The summed E-state index contributed by atoms with van der Waals surface area (Å²) in [5.41, 5.74) is 1.33. The Morgan fingerprint density at radius 3 is 2.41 bits per heavy atom. The number of imide groups is 1. The van der Waals surface area contributed by atoms with E-state index in [1.165, 1.54) is 6.92 Å². The van der Waals surface area contributed by atoms with Crippen molar-refractivity contribution in [3.8, 4) is 0 Å². The Balaban J connectivity index is 2.07. The largest absolute Gasteiger partial charge is 0.373 e. The van der Waals surface area contributed by atoms with Gasteiger partial charge >= 0.3 is 0 Å². The lowest BCUT2D eigenvalue weighted by Crippen LogP contribution is -2.29. The minimum Gasteiger partial charge on any atom is -0.373 e. The molecule has 1 aliphatic heterocycles. The van der Waals surface area contributed by atoms with Crippen molar-refractivity contribution in [2.45, 2.75) is 19.4 Å². The lowest BCUT2D eigenvalue weighted by atomic mass is 10.1. The number of hydrogen-bond acceptors (Lipinski definition) is 4. The highest BCUT2D eigenvalue weighted by molar-refractivity contribution is 6.06. The maximum Gasteiger partial charge on any atom is 0.249 e. The molecule has 1 atom stereocenters. The summed E-state index contributed by atoms with van der Waals surface area (Å²) in [7, 11) is 0. The van der Waals surface area contributed by atoms with Gasteiger partial charge in [0.1, 0.15) is 6.04 Å². The van der Waals surface area contributed by atoms with E-state index in [-0.39, 0.29) is 24.0 Å². The number of ketones is 1. The molecule has 1 fully saturated rings. The molecule has 2 rings (SSSR count). The van der Waals surface area contributed by atoms with Crippen LogP contribution in [0.3, 0.4) is 0 Å². The van der Waals surface area contributed by atoms with Crippen LogP contribution in [0.5, 0.6) is 0 Å². The van der Waals surface area contributed by atoms with Gasteiger partial charge in [0.2, 0.25) is 11.8 Å². The highest BCUT2D eigenvalue weighted by atomic mass is 16.2. The predicted molar refractivity (Wildman–Crippen MR) is 61.6 cm³/mol. The van der Waals surface area contributed by atoms with Crippen LogP contribution in [0.2, 0.25) is 0 Å². The zero-order valence-electron chi connectivity index (χ0n) is 9.32. The van der Waals surface area contributed by atoms with Gasteiger partial charge in [-0.1, -0.05) is 0 Å². The molecule has 0 aliphatic carbocycles. The minimum atomic E-state index is -0.523. The molecule has 0 spiro atoms. The van der Waals surface area contributed by atoms with E-state index < -0.39 is 6.04 Å². The maximum absolute atomic E-state index is 11.3. The molecule has 2 N–H and O–H groups in total. The Hall–Kier alpha value is -2.17. The number of amides is 2. The first-order chi connectivity index (χ1) is 8.06. The summed E-state index contributed by atoms with van der Waals surface area (Å²) in [6.07, 6.45) is 0.146. The molecule has 1 aromatic carbocycles. The number of Topliss-reactive ketones (excluding diaryl/α,β-unsaturated/α-hetero) is 1. The van der Waals surface area contributed by atoms with E-state index in [2.05, 4.69) is 10.6 Å². The minimum absolute atomic E-state index is 0.00895. The van der Waals surface area contributed by atoms with E-state index in [9.17, 15) is 14.4 Å². The zero-order chi connectivity index (χ0) is 12.4. The van der Waals surface area contributed by atoms with Crippen molar-refractivity contribution in [1.82, 2.24) is 5.32 Å². The summed E-state index contributed by atoms with van der Waals surface area (Å²) in [5.74, 6) is -0.594. The van der Waals surface area contributed by atoms with Crippen LogP contribution < -0.4 is 10.6 Å². The van der Waals surface area contributed by atoms with Crippen LogP contribution in [0.1, 0.15) is 23.7 Å². The molecule has 17 heavy (non-hydrogen) atoms. The molecule has 0 saturated carbocycles.